The molecule has 6 atom stereocenters. The minimum Gasteiger partial charge on any atom is -0.364 e. The Labute approximate surface area is 185 Å². The molecule has 3 N–H and O–H groups in total. The molecule has 2 aliphatic carbocycles. The Morgan fingerprint density at radius 2 is 2.19 bits per heavy atom. The van der Waals surface area contributed by atoms with E-state index < -0.39 is 18.0 Å². The highest BCUT2D eigenvalue weighted by Crippen LogP contribution is 2.40. The lowest BCUT2D eigenvalue weighted by Crippen LogP contribution is -2.57. The van der Waals surface area contributed by atoms with Crippen molar-refractivity contribution >= 4 is 5.71 Å². The maximum Gasteiger partial charge on any atom is 0.430 e. The van der Waals surface area contributed by atoms with Crippen LogP contribution in [-0.4, -0.2) is 53.5 Å². The number of allylic oxidation sites excluding steroid dienone is 4. The van der Waals surface area contributed by atoms with Crippen molar-refractivity contribution in [2.24, 2.45) is 27.9 Å². The second-order valence-corrected chi connectivity index (χ2v) is 9.14. The molecule has 0 aromatic rings. The number of aliphatic imine (C=N–C) groups is 1. The van der Waals surface area contributed by atoms with E-state index >= 15 is 0 Å². The molecule has 4 rings (SSSR count). The summed E-state index contributed by atoms with van der Waals surface area (Å²) in [6.45, 7) is 3.01. The smallest absolute Gasteiger partial charge is 0.364 e. The number of nitroso groups, excluding NO2 is 1. The van der Waals surface area contributed by atoms with Crippen LogP contribution in [0.3, 0.4) is 0 Å². The summed E-state index contributed by atoms with van der Waals surface area (Å²) < 4.78 is 38.6. The zero-order valence-corrected chi connectivity index (χ0v) is 18.1. The van der Waals surface area contributed by atoms with Crippen LogP contribution in [0.25, 0.3) is 0 Å². The fourth-order valence-electron chi connectivity index (χ4n) is 5.24. The van der Waals surface area contributed by atoms with Gasteiger partial charge in [-0.05, 0) is 48.8 Å². The lowest BCUT2D eigenvalue weighted by molar-refractivity contribution is -0.143. The normalized spacial score (nSPS) is 32.9. The molecule has 0 saturated heterocycles. The number of rotatable bonds is 8. The van der Waals surface area contributed by atoms with Gasteiger partial charge in [0.25, 0.3) is 0 Å². The molecule has 0 spiro atoms. The van der Waals surface area contributed by atoms with Gasteiger partial charge in [-0.15, -0.1) is 4.91 Å². The lowest BCUT2D eigenvalue weighted by atomic mass is 9.68. The Hall–Kier alpha value is -2.04. The molecule has 176 valence electrons. The Bertz CT molecular complexity index is 838. The van der Waals surface area contributed by atoms with Crippen molar-refractivity contribution in [1.29, 1.82) is 0 Å². The summed E-state index contributed by atoms with van der Waals surface area (Å²) in [4.78, 5) is 15.5. The van der Waals surface area contributed by atoms with Crippen molar-refractivity contribution in [1.82, 2.24) is 15.7 Å². The molecule has 2 heterocycles. The monoisotopic (exact) mass is 453 g/mol. The second-order valence-electron chi connectivity index (χ2n) is 9.14. The summed E-state index contributed by atoms with van der Waals surface area (Å²) in [7, 11) is 0. The molecule has 0 bridgehead atoms. The van der Waals surface area contributed by atoms with Crippen LogP contribution in [0.2, 0.25) is 0 Å². The average Bonchev–Trinajstić information content (AvgIpc) is 3.25. The maximum atomic E-state index is 12.9. The molecule has 0 aromatic heterocycles. The van der Waals surface area contributed by atoms with Crippen LogP contribution in [0.5, 0.6) is 0 Å². The van der Waals surface area contributed by atoms with E-state index in [-0.39, 0.29) is 31.0 Å². The molecule has 4 aliphatic rings. The van der Waals surface area contributed by atoms with Gasteiger partial charge < -0.3 is 15.8 Å². The number of alkyl halides is 3. The first-order valence-corrected chi connectivity index (χ1v) is 11.3. The van der Waals surface area contributed by atoms with Gasteiger partial charge in [-0.2, -0.15) is 18.2 Å². The standard InChI is InChI=1S/C22H30F3N5O2/c1-2-16(12-30(32)20-7-6-19(28-20)22(23,24)25)27-18-10-14(8-15-11-26-21(15)18)13-4-3-5-17(9-13)29-31/h3,5-6,9,13-16,18,20,27-28,32H,2,4,7-8,10-12H2,1H3. The van der Waals surface area contributed by atoms with Crippen LogP contribution in [-0.2, 0) is 0 Å². The second kappa shape index (κ2) is 9.44. The van der Waals surface area contributed by atoms with E-state index in [0.29, 0.717) is 24.0 Å². The van der Waals surface area contributed by atoms with Crippen LogP contribution in [0, 0.1) is 22.7 Å². The van der Waals surface area contributed by atoms with Crippen molar-refractivity contribution < 1.29 is 18.4 Å². The minimum absolute atomic E-state index is 0.0678. The SMILES string of the molecule is CCC(CN(O)C1CC=C(C(F)(F)F)N1)NC1CC(C2C=C(N=O)C=CC2)CC2CN=C21. The zero-order chi connectivity index (χ0) is 22.9. The van der Waals surface area contributed by atoms with E-state index in [1.54, 1.807) is 6.08 Å². The molecule has 32 heavy (non-hydrogen) atoms. The molecular formula is C22H30F3N5O2. The van der Waals surface area contributed by atoms with E-state index in [1.165, 1.54) is 0 Å². The highest BCUT2D eigenvalue weighted by atomic mass is 19.4. The Kier molecular flexibility index (Phi) is 6.83. The van der Waals surface area contributed by atoms with Crippen LogP contribution in [0.1, 0.15) is 39.0 Å². The molecule has 6 unspecified atom stereocenters. The first-order valence-electron chi connectivity index (χ1n) is 11.3. The zero-order valence-electron chi connectivity index (χ0n) is 18.1. The first kappa shape index (κ1) is 23.1. The van der Waals surface area contributed by atoms with Crippen LogP contribution in [0.15, 0.2) is 45.9 Å². The van der Waals surface area contributed by atoms with Crippen LogP contribution in [0.4, 0.5) is 13.2 Å². The van der Waals surface area contributed by atoms with Gasteiger partial charge in [0.05, 0.1) is 0 Å². The van der Waals surface area contributed by atoms with Gasteiger partial charge in [0.2, 0.25) is 0 Å². The molecule has 2 aliphatic heterocycles. The van der Waals surface area contributed by atoms with E-state index in [4.69, 9.17) is 0 Å². The molecule has 7 nitrogen and oxygen atoms in total. The van der Waals surface area contributed by atoms with Crippen LogP contribution < -0.4 is 10.6 Å². The molecule has 0 aromatic carbocycles. The van der Waals surface area contributed by atoms with E-state index in [0.717, 1.165) is 42.7 Å². The lowest BCUT2D eigenvalue weighted by Gasteiger charge is -2.44. The number of hydrogen-bond acceptors (Lipinski definition) is 7. The Balaban J connectivity index is 1.35. The van der Waals surface area contributed by atoms with Crippen molar-refractivity contribution in [3.8, 4) is 0 Å². The number of nitrogens with one attached hydrogen (secondary N) is 2. The van der Waals surface area contributed by atoms with Gasteiger partial charge in [0.15, 0.2) is 0 Å². The van der Waals surface area contributed by atoms with Crippen molar-refractivity contribution in [2.75, 3.05) is 13.1 Å². The number of halogens is 3. The van der Waals surface area contributed by atoms with Gasteiger partial charge in [0.1, 0.15) is 17.6 Å². The molecule has 1 fully saturated rings. The largest absolute Gasteiger partial charge is 0.430 e. The quantitative estimate of drug-likeness (QED) is 0.383. The molecule has 1 saturated carbocycles. The van der Waals surface area contributed by atoms with Gasteiger partial charge in [-0.25, -0.2) is 0 Å². The summed E-state index contributed by atoms with van der Waals surface area (Å²) >= 11 is 0. The summed E-state index contributed by atoms with van der Waals surface area (Å²) in [5.74, 6) is 1.09. The fourth-order valence-corrected chi connectivity index (χ4v) is 5.24. The summed E-state index contributed by atoms with van der Waals surface area (Å²) in [5, 5.41) is 20.5. The first-order chi connectivity index (χ1) is 15.3. The summed E-state index contributed by atoms with van der Waals surface area (Å²) in [5.41, 5.74) is 0.841. The Morgan fingerprint density at radius 3 is 2.81 bits per heavy atom. The third kappa shape index (κ3) is 4.97. The van der Waals surface area contributed by atoms with Gasteiger partial charge in [-0.3, -0.25) is 4.99 Å². The molecular weight excluding hydrogens is 423 g/mol. The predicted molar refractivity (Wildman–Crippen MR) is 115 cm³/mol. The van der Waals surface area contributed by atoms with Crippen molar-refractivity contribution in [2.45, 2.75) is 63.5 Å². The van der Waals surface area contributed by atoms with Crippen LogP contribution >= 0.6 is 0 Å². The maximum absolute atomic E-state index is 12.9. The number of nitrogens with zero attached hydrogens (tertiary/aromatic N) is 3. The highest BCUT2D eigenvalue weighted by Gasteiger charge is 2.42. The predicted octanol–water partition coefficient (Wildman–Crippen LogP) is 3.89. The van der Waals surface area contributed by atoms with E-state index in [9.17, 15) is 23.3 Å². The summed E-state index contributed by atoms with van der Waals surface area (Å²) in [6.07, 6.45) is 5.21. The Morgan fingerprint density at radius 1 is 1.38 bits per heavy atom. The fraction of sp³-hybridized carbons (Fsp3) is 0.682. The highest BCUT2D eigenvalue weighted by molar-refractivity contribution is 5.96. The average molecular weight is 454 g/mol. The number of hydroxylamine groups is 2. The van der Waals surface area contributed by atoms with Crippen molar-refractivity contribution in [3.63, 3.8) is 0 Å². The molecule has 10 heteroatoms. The van der Waals surface area contributed by atoms with Gasteiger partial charge in [0, 0.05) is 43.2 Å². The third-order valence-electron chi connectivity index (χ3n) is 7.06. The summed E-state index contributed by atoms with van der Waals surface area (Å²) in [6, 6.07) is -0.0309. The molecule has 0 amide bonds. The minimum atomic E-state index is -4.44. The molecule has 0 radical (unpaired) electrons. The third-order valence-corrected chi connectivity index (χ3v) is 7.06. The van der Waals surface area contributed by atoms with E-state index in [1.807, 2.05) is 19.1 Å². The van der Waals surface area contributed by atoms with E-state index in [2.05, 4.69) is 20.8 Å². The number of fused-ring (bicyclic) bond motifs is 1. The van der Waals surface area contributed by atoms with Crippen molar-refractivity contribution in [3.05, 3.63) is 40.6 Å². The number of hydrogen-bond donors (Lipinski definition) is 3. The van der Waals surface area contributed by atoms with Gasteiger partial charge >= 0.3 is 6.18 Å². The topological polar surface area (TPSA) is 89.3 Å². The van der Waals surface area contributed by atoms with Gasteiger partial charge in [-0.1, -0.05) is 25.2 Å².